The zero-order valence-corrected chi connectivity index (χ0v) is 9.08. The van der Waals surface area contributed by atoms with E-state index in [-0.39, 0.29) is 23.6 Å². The van der Waals surface area contributed by atoms with E-state index in [4.69, 9.17) is 9.47 Å². The molecule has 0 radical (unpaired) electrons. The molecule has 1 saturated heterocycles. The first kappa shape index (κ1) is 9.97. The third-order valence-electron chi connectivity index (χ3n) is 2.73. The molecule has 1 aliphatic heterocycles. The zero-order chi connectivity index (χ0) is 10.3. The molecule has 2 aliphatic rings. The van der Waals surface area contributed by atoms with Gasteiger partial charge in [-0.05, 0) is 40.0 Å². The molecule has 0 amide bonds. The van der Waals surface area contributed by atoms with E-state index < -0.39 is 0 Å². The average Bonchev–Trinajstić information content (AvgIpc) is 2.77. The molecule has 0 bridgehead atoms. The maximum atomic E-state index is 11.7. The second-order valence-corrected chi connectivity index (χ2v) is 5.21. The van der Waals surface area contributed by atoms with Gasteiger partial charge in [-0.15, -0.1) is 0 Å². The largest absolute Gasteiger partial charge is 0.460 e. The first-order valence-corrected chi connectivity index (χ1v) is 5.36. The summed E-state index contributed by atoms with van der Waals surface area (Å²) in [5, 5.41) is 0. The number of carbonyl (C=O) groups excluding carboxylic acids is 1. The molecular formula is C11H18O3. The minimum atomic E-state index is -0.376. The van der Waals surface area contributed by atoms with Gasteiger partial charge in [-0.25, -0.2) is 0 Å². The number of ether oxygens (including phenoxy) is 2. The highest BCUT2D eigenvalue weighted by Gasteiger charge is 2.51. The van der Waals surface area contributed by atoms with Crippen molar-refractivity contribution < 1.29 is 14.3 Å². The number of esters is 1. The normalized spacial score (nSPS) is 36.1. The average molecular weight is 198 g/mol. The smallest absolute Gasteiger partial charge is 0.312 e. The van der Waals surface area contributed by atoms with Gasteiger partial charge in [-0.1, -0.05) is 0 Å². The monoisotopic (exact) mass is 198 g/mol. The predicted octanol–water partition coefficient (Wildman–Crippen LogP) is 1.90. The van der Waals surface area contributed by atoms with Gasteiger partial charge < -0.3 is 9.47 Å². The van der Waals surface area contributed by atoms with Crippen LogP contribution in [0.2, 0.25) is 0 Å². The molecule has 0 aromatic rings. The molecule has 3 atom stereocenters. The SMILES string of the molecule is CC(C)(C)OC(=O)[C@H]1CCC[C@H]2O[C@@H]12. The van der Waals surface area contributed by atoms with Gasteiger partial charge in [0.05, 0.1) is 18.1 Å². The maximum absolute atomic E-state index is 11.7. The molecule has 1 heterocycles. The Morgan fingerprint density at radius 1 is 1.36 bits per heavy atom. The van der Waals surface area contributed by atoms with Crippen molar-refractivity contribution in [3.63, 3.8) is 0 Å². The van der Waals surface area contributed by atoms with Crippen LogP contribution in [0.15, 0.2) is 0 Å². The van der Waals surface area contributed by atoms with E-state index in [0.29, 0.717) is 6.10 Å². The molecule has 0 aromatic heterocycles. The Balaban J connectivity index is 1.91. The Hall–Kier alpha value is -0.570. The van der Waals surface area contributed by atoms with Crippen LogP contribution < -0.4 is 0 Å². The van der Waals surface area contributed by atoms with Crippen LogP contribution in [0.1, 0.15) is 40.0 Å². The first-order chi connectivity index (χ1) is 6.47. The van der Waals surface area contributed by atoms with Crippen molar-refractivity contribution in [3.05, 3.63) is 0 Å². The summed E-state index contributed by atoms with van der Waals surface area (Å²) in [6, 6.07) is 0. The summed E-state index contributed by atoms with van der Waals surface area (Å²) in [5.74, 6) is -0.0855. The summed E-state index contributed by atoms with van der Waals surface area (Å²) >= 11 is 0. The van der Waals surface area contributed by atoms with Gasteiger partial charge in [0.25, 0.3) is 0 Å². The molecule has 0 N–H and O–H groups in total. The van der Waals surface area contributed by atoms with Crippen molar-refractivity contribution in [2.75, 3.05) is 0 Å². The number of epoxide rings is 1. The molecule has 0 aromatic carbocycles. The van der Waals surface area contributed by atoms with Crippen LogP contribution in [-0.2, 0) is 14.3 Å². The predicted molar refractivity (Wildman–Crippen MR) is 51.8 cm³/mol. The van der Waals surface area contributed by atoms with Crippen LogP contribution in [0.25, 0.3) is 0 Å². The summed E-state index contributed by atoms with van der Waals surface area (Å²) in [6.45, 7) is 5.71. The summed E-state index contributed by atoms with van der Waals surface area (Å²) < 4.78 is 10.8. The fourth-order valence-electron chi connectivity index (χ4n) is 2.08. The summed E-state index contributed by atoms with van der Waals surface area (Å²) in [7, 11) is 0. The third-order valence-corrected chi connectivity index (χ3v) is 2.73. The topological polar surface area (TPSA) is 38.8 Å². The fourth-order valence-corrected chi connectivity index (χ4v) is 2.08. The quantitative estimate of drug-likeness (QED) is 0.477. The summed E-state index contributed by atoms with van der Waals surface area (Å²) in [5.41, 5.74) is -0.376. The van der Waals surface area contributed by atoms with E-state index >= 15 is 0 Å². The van der Waals surface area contributed by atoms with Crippen molar-refractivity contribution in [2.24, 2.45) is 5.92 Å². The Kier molecular flexibility index (Phi) is 2.30. The standard InChI is InChI=1S/C11H18O3/c1-11(2,3)14-10(12)7-5-4-6-8-9(7)13-8/h7-9H,4-6H2,1-3H3/t7-,8+,9-/m0/s1. The van der Waals surface area contributed by atoms with E-state index in [2.05, 4.69) is 0 Å². The molecule has 80 valence electrons. The number of hydrogen-bond acceptors (Lipinski definition) is 3. The van der Waals surface area contributed by atoms with Crippen molar-refractivity contribution in [2.45, 2.75) is 57.8 Å². The van der Waals surface area contributed by atoms with Crippen molar-refractivity contribution >= 4 is 5.97 Å². The highest BCUT2D eigenvalue weighted by molar-refractivity contribution is 5.74. The van der Waals surface area contributed by atoms with Gasteiger partial charge in [0.2, 0.25) is 0 Å². The van der Waals surface area contributed by atoms with Gasteiger partial charge in [-0.3, -0.25) is 4.79 Å². The van der Waals surface area contributed by atoms with Gasteiger partial charge in [0.1, 0.15) is 5.60 Å². The molecule has 2 fully saturated rings. The molecule has 1 aliphatic carbocycles. The number of fused-ring (bicyclic) bond motifs is 1. The van der Waals surface area contributed by atoms with E-state index in [1.54, 1.807) is 0 Å². The van der Waals surface area contributed by atoms with Crippen LogP contribution in [0.5, 0.6) is 0 Å². The van der Waals surface area contributed by atoms with Gasteiger partial charge in [0.15, 0.2) is 0 Å². The fraction of sp³-hybridized carbons (Fsp3) is 0.909. The second kappa shape index (κ2) is 3.23. The Bertz CT molecular complexity index is 241. The van der Waals surface area contributed by atoms with Crippen molar-refractivity contribution in [1.82, 2.24) is 0 Å². The number of carbonyl (C=O) groups is 1. The Morgan fingerprint density at radius 3 is 2.71 bits per heavy atom. The number of hydrogen-bond donors (Lipinski definition) is 0. The van der Waals surface area contributed by atoms with Crippen LogP contribution in [-0.4, -0.2) is 23.8 Å². The minimum Gasteiger partial charge on any atom is -0.460 e. The van der Waals surface area contributed by atoms with Crippen molar-refractivity contribution in [3.8, 4) is 0 Å². The van der Waals surface area contributed by atoms with Crippen LogP contribution in [0, 0.1) is 5.92 Å². The highest BCUT2D eigenvalue weighted by Crippen LogP contribution is 2.41. The van der Waals surface area contributed by atoms with E-state index in [9.17, 15) is 4.79 Å². The van der Waals surface area contributed by atoms with Crippen molar-refractivity contribution in [1.29, 1.82) is 0 Å². The van der Waals surface area contributed by atoms with Crippen LogP contribution >= 0.6 is 0 Å². The molecule has 0 spiro atoms. The lowest BCUT2D eigenvalue weighted by Gasteiger charge is -2.24. The molecule has 3 nitrogen and oxygen atoms in total. The summed E-state index contributed by atoms with van der Waals surface area (Å²) in [6.07, 6.45) is 3.64. The molecule has 14 heavy (non-hydrogen) atoms. The minimum absolute atomic E-state index is 0.00650. The lowest BCUT2D eigenvalue weighted by atomic mass is 9.89. The molecule has 1 saturated carbocycles. The lowest BCUT2D eigenvalue weighted by Crippen LogP contribution is -2.33. The third kappa shape index (κ3) is 2.08. The van der Waals surface area contributed by atoms with Gasteiger partial charge in [-0.2, -0.15) is 0 Å². The van der Waals surface area contributed by atoms with Crippen LogP contribution in [0.3, 0.4) is 0 Å². The highest BCUT2D eigenvalue weighted by atomic mass is 16.6. The Labute approximate surface area is 84.8 Å². The van der Waals surface area contributed by atoms with E-state index in [1.807, 2.05) is 20.8 Å². The Morgan fingerprint density at radius 2 is 2.07 bits per heavy atom. The number of rotatable bonds is 1. The zero-order valence-electron chi connectivity index (χ0n) is 9.08. The molecule has 0 unspecified atom stereocenters. The molecule has 2 rings (SSSR count). The van der Waals surface area contributed by atoms with Gasteiger partial charge >= 0.3 is 5.97 Å². The van der Waals surface area contributed by atoms with E-state index in [0.717, 1.165) is 19.3 Å². The summed E-state index contributed by atoms with van der Waals surface area (Å²) in [4.78, 5) is 11.7. The first-order valence-electron chi connectivity index (χ1n) is 5.36. The maximum Gasteiger partial charge on any atom is 0.312 e. The lowest BCUT2D eigenvalue weighted by molar-refractivity contribution is -0.161. The second-order valence-electron chi connectivity index (χ2n) is 5.21. The molecule has 3 heteroatoms. The van der Waals surface area contributed by atoms with E-state index in [1.165, 1.54) is 0 Å². The van der Waals surface area contributed by atoms with Crippen LogP contribution in [0.4, 0.5) is 0 Å². The van der Waals surface area contributed by atoms with Gasteiger partial charge in [0, 0.05) is 0 Å². The molecular weight excluding hydrogens is 180 g/mol.